The zero-order valence-electron chi connectivity index (χ0n) is 4.89. The maximum atomic E-state index is 12.3. The lowest BCUT2D eigenvalue weighted by Gasteiger charge is -2.03. The molecule has 0 bridgehead atoms. The van der Waals surface area contributed by atoms with Crippen molar-refractivity contribution in [2.75, 3.05) is 0 Å². The largest absolute Gasteiger partial charge is 0.243 e. The van der Waals surface area contributed by atoms with Crippen LogP contribution in [0.25, 0.3) is 0 Å². The number of alkyl halides is 1. The molecule has 0 radical (unpaired) electrons. The normalized spacial score (nSPS) is 27.8. The highest BCUT2D eigenvalue weighted by Crippen LogP contribution is 2.11. The summed E-state index contributed by atoms with van der Waals surface area (Å²) in [5.41, 5.74) is 1.03. The number of hydrogen-bond acceptors (Lipinski definition) is 0. The Hall–Kier alpha value is -0.590. The third kappa shape index (κ3) is 1.19. The summed E-state index contributed by atoms with van der Waals surface area (Å²) in [6, 6.07) is 0. The van der Waals surface area contributed by atoms with E-state index in [9.17, 15) is 4.39 Å². The van der Waals surface area contributed by atoms with Crippen LogP contribution in [0.5, 0.6) is 0 Å². The standard InChI is InChI=1S/C7H9F/c1-6-3-2-4-7(8)5-6/h2-3,5,7H,4H2,1H3. The summed E-state index contributed by atoms with van der Waals surface area (Å²) < 4.78 is 12.3. The molecule has 0 N–H and O–H groups in total. The second-order valence-corrected chi connectivity index (χ2v) is 2.06. The molecule has 0 aromatic heterocycles. The van der Waals surface area contributed by atoms with Gasteiger partial charge in [-0.25, -0.2) is 4.39 Å². The molecular formula is C7H9F. The van der Waals surface area contributed by atoms with E-state index >= 15 is 0 Å². The van der Waals surface area contributed by atoms with Crippen LogP contribution in [-0.2, 0) is 0 Å². The van der Waals surface area contributed by atoms with Gasteiger partial charge in [-0.2, -0.15) is 0 Å². The third-order valence-corrected chi connectivity index (χ3v) is 1.19. The number of halogens is 1. The fourth-order valence-electron chi connectivity index (χ4n) is 0.793. The van der Waals surface area contributed by atoms with Crippen LogP contribution in [0.2, 0.25) is 0 Å². The lowest BCUT2D eigenvalue weighted by atomic mass is 10.1. The zero-order valence-corrected chi connectivity index (χ0v) is 4.89. The Morgan fingerprint density at radius 2 is 2.50 bits per heavy atom. The van der Waals surface area contributed by atoms with Gasteiger partial charge in [0.1, 0.15) is 6.17 Å². The van der Waals surface area contributed by atoms with E-state index in [1.54, 1.807) is 6.08 Å². The van der Waals surface area contributed by atoms with Gasteiger partial charge in [-0.3, -0.25) is 0 Å². The predicted molar refractivity (Wildman–Crippen MR) is 32.4 cm³/mol. The van der Waals surface area contributed by atoms with Crippen LogP contribution in [0.3, 0.4) is 0 Å². The lowest BCUT2D eigenvalue weighted by Crippen LogP contribution is -1.96. The van der Waals surface area contributed by atoms with E-state index in [-0.39, 0.29) is 0 Å². The van der Waals surface area contributed by atoms with Gasteiger partial charge < -0.3 is 0 Å². The van der Waals surface area contributed by atoms with E-state index in [1.165, 1.54) is 0 Å². The van der Waals surface area contributed by atoms with Crippen molar-refractivity contribution in [3.63, 3.8) is 0 Å². The first-order valence-electron chi connectivity index (χ1n) is 2.78. The quantitative estimate of drug-likeness (QED) is 0.450. The fraction of sp³-hybridized carbons (Fsp3) is 0.429. The highest BCUT2D eigenvalue weighted by atomic mass is 19.1. The zero-order chi connectivity index (χ0) is 5.98. The van der Waals surface area contributed by atoms with E-state index in [0.717, 1.165) is 5.57 Å². The molecule has 1 unspecified atom stereocenters. The molecule has 0 heterocycles. The van der Waals surface area contributed by atoms with Crippen LogP contribution in [0.4, 0.5) is 4.39 Å². The molecule has 0 fully saturated rings. The molecule has 1 aliphatic carbocycles. The van der Waals surface area contributed by atoms with E-state index in [0.29, 0.717) is 6.42 Å². The summed E-state index contributed by atoms with van der Waals surface area (Å²) in [6.07, 6.45) is 5.26. The molecule has 0 amide bonds. The van der Waals surface area contributed by atoms with Gasteiger partial charge in [-0.1, -0.05) is 17.7 Å². The molecule has 0 aromatic carbocycles. The van der Waals surface area contributed by atoms with Crippen LogP contribution >= 0.6 is 0 Å². The first-order valence-corrected chi connectivity index (χ1v) is 2.78. The molecular weight excluding hydrogens is 103 g/mol. The molecule has 1 rings (SSSR count). The van der Waals surface area contributed by atoms with E-state index < -0.39 is 6.17 Å². The van der Waals surface area contributed by atoms with Crippen molar-refractivity contribution >= 4 is 0 Å². The van der Waals surface area contributed by atoms with Gasteiger partial charge in [0.25, 0.3) is 0 Å². The minimum Gasteiger partial charge on any atom is -0.243 e. The number of rotatable bonds is 0. The molecule has 44 valence electrons. The summed E-state index contributed by atoms with van der Waals surface area (Å²) in [5.74, 6) is 0. The molecule has 0 spiro atoms. The third-order valence-electron chi connectivity index (χ3n) is 1.19. The molecule has 0 nitrogen and oxygen atoms in total. The Bertz CT molecular complexity index is 133. The number of allylic oxidation sites excluding steroid dienone is 4. The molecule has 0 aliphatic heterocycles. The maximum absolute atomic E-state index is 12.3. The number of hydrogen-bond donors (Lipinski definition) is 0. The summed E-state index contributed by atoms with van der Waals surface area (Å²) in [4.78, 5) is 0. The first-order chi connectivity index (χ1) is 3.79. The summed E-state index contributed by atoms with van der Waals surface area (Å²) >= 11 is 0. The van der Waals surface area contributed by atoms with E-state index in [1.807, 2.05) is 19.1 Å². The second-order valence-electron chi connectivity index (χ2n) is 2.06. The van der Waals surface area contributed by atoms with Gasteiger partial charge in [0, 0.05) is 6.42 Å². The van der Waals surface area contributed by atoms with Gasteiger partial charge in [-0.15, -0.1) is 0 Å². The highest BCUT2D eigenvalue weighted by Gasteiger charge is 2.02. The smallest absolute Gasteiger partial charge is 0.122 e. The van der Waals surface area contributed by atoms with E-state index in [2.05, 4.69) is 0 Å². The van der Waals surface area contributed by atoms with E-state index in [4.69, 9.17) is 0 Å². The Balaban J connectivity index is 2.63. The van der Waals surface area contributed by atoms with Gasteiger partial charge >= 0.3 is 0 Å². The topological polar surface area (TPSA) is 0 Å². The Kier molecular flexibility index (Phi) is 1.47. The van der Waals surface area contributed by atoms with Crippen LogP contribution in [0.1, 0.15) is 13.3 Å². The van der Waals surface area contributed by atoms with Crippen LogP contribution in [0, 0.1) is 0 Å². The molecule has 0 saturated carbocycles. The lowest BCUT2D eigenvalue weighted by molar-refractivity contribution is 0.400. The van der Waals surface area contributed by atoms with Crippen molar-refractivity contribution in [3.8, 4) is 0 Å². The van der Waals surface area contributed by atoms with Gasteiger partial charge in [0.15, 0.2) is 0 Å². The van der Waals surface area contributed by atoms with Crippen molar-refractivity contribution in [2.24, 2.45) is 0 Å². The Morgan fingerprint density at radius 3 is 2.88 bits per heavy atom. The van der Waals surface area contributed by atoms with Crippen molar-refractivity contribution in [1.82, 2.24) is 0 Å². The van der Waals surface area contributed by atoms with Crippen molar-refractivity contribution in [2.45, 2.75) is 19.5 Å². The SMILES string of the molecule is CC1=CC(F)CC=C1. The van der Waals surface area contributed by atoms with Gasteiger partial charge in [-0.05, 0) is 13.0 Å². The Morgan fingerprint density at radius 1 is 1.75 bits per heavy atom. The average molecular weight is 112 g/mol. The van der Waals surface area contributed by atoms with Gasteiger partial charge in [0.2, 0.25) is 0 Å². The molecule has 8 heavy (non-hydrogen) atoms. The van der Waals surface area contributed by atoms with Crippen LogP contribution in [0.15, 0.2) is 23.8 Å². The second kappa shape index (κ2) is 2.12. The molecule has 1 aliphatic rings. The molecule has 1 heteroatoms. The molecule has 1 atom stereocenters. The van der Waals surface area contributed by atoms with Gasteiger partial charge in [0.05, 0.1) is 0 Å². The van der Waals surface area contributed by atoms with Crippen LogP contribution < -0.4 is 0 Å². The molecule has 0 saturated heterocycles. The predicted octanol–water partition coefficient (Wildman–Crippen LogP) is 2.23. The van der Waals surface area contributed by atoms with Crippen LogP contribution in [-0.4, -0.2) is 6.17 Å². The summed E-state index contributed by atoms with van der Waals surface area (Å²) in [6.45, 7) is 1.90. The average Bonchev–Trinajstić information content (AvgIpc) is 1.64. The van der Waals surface area contributed by atoms with Crippen molar-refractivity contribution in [1.29, 1.82) is 0 Å². The van der Waals surface area contributed by atoms with Crippen molar-refractivity contribution < 1.29 is 4.39 Å². The van der Waals surface area contributed by atoms with Crippen molar-refractivity contribution in [3.05, 3.63) is 23.8 Å². The Labute approximate surface area is 48.7 Å². The fourth-order valence-corrected chi connectivity index (χ4v) is 0.793. The maximum Gasteiger partial charge on any atom is 0.122 e. The summed E-state index contributed by atoms with van der Waals surface area (Å²) in [5, 5.41) is 0. The minimum atomic E-state index is -0.736. The summed E-state index contributed by atoms with van der Waals surface area (Å²) in [7, 11) is 0. The molecule has 0 aromatic rings. The first kappa shape index (κ1) is 5.54. The minimum absolute atomic E-state index is 0.553. The monoisotopic (exact) mass is 112 g/mol. The highest BCUT2D eigenvalue weighted by molar-refractivity contribution is 5.21.